The Balaban J connectivity index is 2.46. The maximum atomic E-state index is 12.3. The summed E-state index contributed by atoms with van der Waals surface area (Å²) in [5, 5.41) is 0. The molecular weight excluding hydrogens is 240 g/mol. The summed E-state index contributed by atoms with van der Waals surface area (Å²) in [6.07, 6.45) is 1.81. The monoisotopic (exact) mass is 262 g/mol. The molecule has 0 bridgehead atoms. The van der Waals surface area contributed by atoms with Gasteiger partial charge in [0.15, 0.2) is 0 Å². The first-order chi connectivity index (χ1) is 9.06. The van der Waals surface area contributed by atoms with Gasteiger partial charge in [0.05, 0.1) is 7.11 Å². The molecule has 0 aromatic heterocycles. The van der Waals surface area contributed by atoms with Gasteiger partial charge < -0.3 is 4.74 Å². The average molecular weight is 262 g/mol. The molecule has 0 fully saturated rings. The van der Waals surface area contributed by atoms with Crippen molar-refractivity contribution in [2.24, 2.45) is 5.92 Å². The molecular formula is C16H22O3. The van der Waals surface area contributed by atoms with Crippen LogP contribution in [-0.4, -0.2) is 18.9 Å². The quantitative estimate of drug-likeness (QED) is 0.708. The number of esters is 1. The topological polar surface area (TPSA) is 43.4 Å². The first-order valence-corrected chi connectivity index (χ1v) is 6.71. The van der Waals surface area contributed by atoms with Crippen LogP contribution >= 0.6 is 0 Å². The lowest BCUT2D eigenvalue weighted by Crippen LogP contribution is -2.18. The molecule has 0 saturated heterocycles. The van der Waals surface area contributed by atoms with E-state index in [1.165, 1.54) is 7.11 Å². The molecule has 3 nitrogen and oxygen atoms in total. The predicted octanol–water partition coefficient (Wildman–Crippen LogP) is 3.34. The lowest BCUT2D eigenvalue weighted by atomic mass is 9.87. The maximum absolute atomic E-state index is 12.3. The van der Waals surface area contributed by atoms with Gasteiger partial charge in [-0.15, -0.1) is 0 Å². The molecule has 0 heterocycles. The van der Waals surface area contributed by atoms with Gasteiger partial charge in [0.2, 0.25) is 0 Å². The van der Waals surface area contributed by atoms with Crippen molar-refractivity contribution in [3.8, 4) is 0 Å². The SMILES string of the molecule is COC(=O)CCCC(C)C(=O)C(C)c1ccccc1. The van der Waals surface area contributed by atoms with Crippen molar-refractivity contribution in [2.45, 2.75) is 39.0 Å². The molecule has 104 valence electrons. The Hall–Kier alpha value is -1.64. The zero-order valence-electron chi connectivity index (χ0n) is 11.9. The van der Waals surface area contributed by atoms with E-state index in [1.807, 2.05) is 44.2 Å². The maximum Gasteiger partial charge on any atom is 0.305 e. The Morgan fingerprint density at radius 2 is 1.79 bits per heavy atom. The van der Waals surface area contributed by atoms with Gasteiger partial charge in [-0.1, -0.05) is 44.2 Å². The van der Waals surface area contributed by atoms with E-state index in [9.17, 15) is 9.59 Å². The molecule has 2 atom stereocenters. The molecule has 2 unspecified atom stereocenters. The normalized spacial score (nSPS) is 13.6. The Bertz CT molecular complexity index is 411. The van der Waals surface area contributed by atoms with Crippen LogP contribution in [0.4, 0.5) is 0 Å². The number of carbonyl (C=O) groups is 2. The van der Waals surface area contributed by atoms with Gasteiger partial charge in [-0.05, 0) is 18.4 Å². The fourth-order valence-corrected chi connectivity index (χ4v) is 2.13. The first-order valence-electron chi connectivity index (χ1n) is 6.71. The second-order valence-electron chi connectivity index (χ2n) is 4.90. The van der Waals surface area contributed by atoms with Crippen molar-refractivity contribution in [1.82, 2.24) is 0 Å². The lowest BCUT2D eigenvalue weighted by molar-refractivity contribution is -0.141. The van der Waals surface area contributed by atoms with E-state index < -0.39 is 0 Å². The van der Waals surface area contributed by atoms with Crippen LogP contribution in [0.3, 0.4) is 0 Å². The molecule has 0 amide bonds. The molecule has 0 aliphatic carbocycles. The molecule has 1 aromatic rings. The second-order valence-corrected chi connectivity index (χ2v) is 4.90. The Morgan fingerprint density at radius 1 is 1.16 bits per heavy atom. The van der Waals surface area contributed by atoms with Crippen LogP contribution in [0.2, 0.25) is 0 Å². The highest BCUT2D eigenvalue weighted by Gasteiger charge is 2.21. The minimum absolute atomic E-state index is 0.0279. The summed E-state index contributed by atoms with van der Waals surface area (Å²) >= 11 is 0. The third-order valence-corrected chi connectivity index (χ3v) is 3.46. The van der Waals surface area contributed by atoms with Gasteiger partial charge in [-0.3, -0.25) is 9.59 Å². The van der Waals surface area contributed by atoms with Gasteiger partial charge in [0, 0.05) is 18.3 Å². The summed E-state index contributed by atoms with van der Waals surface area (Å²) < 4.78 is 4.59. The van der Waals surface area contributed by atoms with Gasteiger partial charge in [-0.2, -0.15) is 0 Å². The molecule has 0 spiro atoms. The predicted molar refractivity (Wildman–Crippen MR) is 74.9 cm³/mol. The van der Waals surface area contributed by atoms with E-state index >= 15 is 0 Å². The highest BCUT2D eigenvalue weighted by atomic mass is 16.5. The van der Waals surface area contributed by atoms with Gasteiger partial charge in [0.1, 0.15) is 5.78 Å². The number of rotatable bonds is 7. The van der Waals surface area contributed by atoms with Crippen LogP contribution in [0.15, 0.2) is 30.3 Å². The number of Topliss-reactive ketones (excluding diaryl/α,β-unsaturated/α-hetero) is 1. The smallest absolute Gasteiger partial charge is 0.305 e. The standard InChI is InChI=1S/C16H22O3/c1-12(8-7-11-15(17)19-3)16(18)13(2)14-9-5-4-6-10-14/h4-6,9-10,12-13H,7-8,11H2,1-3H3. The van der Waals surface area contributed by atoms with Gasteiger partial charge in [0.25, 0.3) is 0 Å². The number of ether oxygens (including phenoxy) is 1. The molecule has 3 heteroatoms. The van der Waals surface area contributed by atoms with Gasteiger partial charge in [-0.25, -0.2) is 0 Å². The number of carbonyl (C=O) groups excluding carboxylic acids is 2. The van der Waals surface area contributed by atoms with E-state index in [1.54, 1.807) is 0 Å². The van der Waals surface area contributed by atoms with Crippen LogP contribution < -0.4 is 0 Å². The molecule has 0 aliphatic rings. The summed E-state index contributed by atoms with van der Waals surface area (Å²) in [6, 6.07) is 9.79. The molecule has 0 N–H and O–H groups in total. The van der Waals surface area contributed by atoms with Crippen molar-refractivity contribution < 1.29 is 14.3 Å². The van der Waals surface area contributed by atoms with E-state index in [4.69, 9.17) is 0 Å². The molecule has 1 aromatic carbocycles. The first kappa shape index (κ1) is 15.4. The van der Waals surface area contributed by atoms with Crippen molar-refractivity contribution in [2.75, 3.05) is 7.11 Å². The summed E-state index contributed by atoms with van der Waals surface area (Å²) in [4.78, 5) is 23.3. The highest BCUT2D eigenvalue weighted by molar-refractivity contribution is 5.87. The second kappa shape index (κ2) is 7.72. The summed E-state index contributed by atoms with van der Waals surface area (Å²) in [6.45, 7) is 3.87. The van der Waals surface area contributed by atoms with E-state index in [-0.39, 0.29) is 23.6 Å². The van der Waals surface area contributed by atoms with Crippen molar-refractivity contribution in [1.29, 1.82) is 0 Å². The number of hydrogen-bond acceptors (Lipinski definition) is 3. The number of methoxy groups -OCH3 is 1. The fraction of sp³-hybridized carbons (Fsp3) is 0.500. The van der Waals surface area contributed by atoms with E-state index in [2.05, 4.69) is 4.74 Å². The van der Waals surface area contributed by atoms with E-state index in [0.29, 0.717) is 12.8 Å². The summed E-state index contributed by atoms with van der Waals surface area (Å²) in [5.74, 6) is -0.0963. The van der Waals surface area contributed by atoms with Crippen LogP contribution in [0, 0.1) is 5.92 Å². The zero-order valence-corrected chi connectivity index (χ0v) is 11.9. The van der Waals surface area contributed by atoms with Crippen molar-refractivity contribution in [3.05, 3.63) is 35.9 Å². The minimum atomic E-state index is -0.212. The number of hydrogen-bond donors (Lipinski definition) is 0. The molecule has 0 aliphatic heterocycles. The van der Waals surface area contributed by atoms with Crippen LogP contribution in [0.1, 0.15) is 44.6 Å². The Morgan fingerprint density at radius 3 is 2.37 bits per heavy atom. The van der Waals surface area contributed by atoms with E-state index in [0.717, 1.165) is 12.0 Å². The third-order valence-electron chi connectivity index (χ3n) is 3.46. The Kier molecular flexibility index (Phi) is 6.26. The molecule has 1 rings (SSSR count). The molecule has 19 heavy (non-hydrogen) atoms. The Labute approximate surface area is 115 Å². The van der Waals surface area contributed by atoms with Crippen LogP contribution in [0.5, 0.6) is 0 Å². The largest absolute Gasteiger partial charge is 0.469 e. The fourth-order valence-electron chi connectivity index (χ4n) is 2.13. The minimum Gasteiger partial charge on any atom is -0.469 e. The van der Waals surface area contributed by atoms with Gasteiger partial charge >= 0.3 is 5.97 Å². The highest BCUT2D eigenvalue weighted by Crippen LogP contribution is 2.22. The number of benzene rings is 1. The molecule has 0 radical (unpaired) electrons. The zero-order chi connectivity index (χ0) is 14.3. The average Bonchev–Trinajstić information content (AvgIpc) is 2.46. The van der Waals surface area contributed by atoms with Crippen molar-refractivity contribution >= 4 is 11.8 Å². The van der Waals surface area contributed by atoms with Crippen molar-refractivity contribution in [3.63, 3.8) is 0 Å². The number of ketones is 1. The lowest BCUT2D eigenvalue weighted by Gasteiger charge is -2.16. The van der Waals surface area contributed by atoms with Crippen LogP contribution in [-0.2, 0) is 14.3 Å². The summed E-state index contributed by atoms with van der Waals surface area (Å²) in [5.41, 5.74) is 1.05. The summed E-state index contributed by atoms with van der Waals surface area (Å²) in [7, 11) is 1.38. The van der Waals surface area contributed by atoms with Crippen LogP contribution in [0.25, 0.3) is 0 Å². The molecule has 0 saturated carbocycles. The third kappa shape index (κ3) is 4.86.